The van der Waals surface area contributed by atoms with Gasteiger partial charge in [-0.05, 0) is 85.3 Å². The Morgan fingerprint density at radius 3 is 2.48 bits per heavy atom. The zero-order chi connectivity index (χ0) is 39.2. The third-order valence-corrected chi connectivity index (χ3v) is 13.4. The number of benzene rings is 1. The Balaban J connectivity index is 1.01. The van der Waals surface area contributed by atoms with Gasteiger partial charge in [-0.1, -0.05) is 51.5 Å². The Bertz CT molecular complexity index is 1870. The molecule has 6 N–H and O–H groups in total. The summed E-state index contributed by atoms with van der Waals surface area (Å²) in [5.74, 6) is -4.32. The number of H-pyrrole nitrogens is 1. The number of aromatic nitrogens is 1. The number of ether oxygens (including phenoxy) is 1. The molecule has 54 heavy (non-hydrogen) atoms. The molecule has 13 heteroatoms. The van der Waals surface area contributed by atoms with Crippen molar-refractivity contribution in [2.75, 3.05) is 6.61 Å². The van der Waals surface area contributed by atoms with Crippen molar-refractivity contribution >= 4 is 46.2 Å². The highest BCUT2D eigenvalue weighted by Gasteiger charge is 2.68. The molecule has 1 heterocycles. The minimum Gasteiger partial charge on any atom is -0.480 e. The van der Waals surface area contributed by atoms with E-state index in [9.17, 15) is 44.1 Å². The zero-order valence-electron chi connectivity index (χ0n) is 31.5. The number of fused-ring (bicyclic) bond motifs is 6. The molecule has 0 bridgehead atoms. The summed E-state index contributed by atoms with van der Waals surface area (Å²) in [6.07, 6.45) is 5.61. The van der Waals surface area contributed by atoms with E-state index < -0.39 is 71.3 Å². The van der Waals surface area contributed by atoms with Crippen LogP contribution < -0.4 is 10.6 Å². The number of allylic oxidation sites excluding steroid dienone is 1. The second kappa shape index (κ2) is 15.1. The van der Waals surface area contributed by atoms with Gasteiger partial charge in [-0.15, -0.1) is 0 Å². The van der Waals surface area contributed by atoms with Crippen LogP contribution in [-0.4, -0.2) is 86.0 Å². The number of rotatable bonds is 13. The van der Waals surface area contributed by atoms with Gasteiger partial charge in [0.15, 0.2) is 12.4 Å². The summed E-state index contributed by atoms with van der Waals surface area (Å²) >= 11 is 0. The molecule has 9 atom stereocenters. The Kier molecular flexibility index (Phi) is 11.0. The maximum absolute atomic E-state index is 13.6. The summed E-state index contributed by atoms with van der Waals surface area (Å²) in [7, 11) is 0. The molecule has 1 aromatic carbocycles. The lowest BCUT2D eigenvalue weighted by Gasteiger charge is -2.60. The number of hydrogen-bond donors (Lipinski definition) is 6. The number of carboxylic acid groups (broad SMARTS) is 1. The fourth-order valence-corrected chi connectivity index (χ4v) is 10.5. The molecule has 3 fully saturated rings. The summed E-state index contributed by atoms with van der Waals surface area (Å²) in [6, 6.07) is 5.07. The number of hydrogen-bond acceptors (Lipinski definition) is 9. The number of amides is 2. The van der Waals surface area contributed by atoms with Crippen LogP contribution in [0.4, 0.5) is 0 Å². The van der Waals surface area contributed by atoms with Crippen molar-refractivity contribution in [2.45, 2.75) is 116 Å². The number of esters is 1. The lowest BCUT2D eigenvalue weighted by molar-refractivity contribution is -0.184. The number of carboxylic acids is 1. The van der Waals surface area contributed by atoms with Crippen LogP contribution >= 0.6 is 0 Å². The van der Waals surface area contributed by atoms with Gasteiger partial charge in [0.25, 0.3) is 0 Å². The molecule has 1 aromatic heterocycles. The summed E-state index contributed by atoms with van der Waals surface area (Å²) in [5, 5.41) is 39.4. The number of ketones is 2. The number of para-hydroxylation sites is 1. The predicted octanol–water partition coefficient (Wildman–Crippen LogP) is 3.55. The lowest BCUT2D eigenvalue weighted by atomic mass is 9.45. The van der Waals surface area contributed by atoms with Crippen molar-refractivity contribution in [1.82, 2.24) is 15.6 Å². The van der Waals surface area contributed by atoms with E-state index in [4.69, 9.17) is 4.74 Å². The van der Waals surface area contributed by atoms with Gasteiger partial charge in [0.05, 0.1) is 12.5 Å². The van der Waals surface area contributed by atoms with Crippen molar-refractivity contribution in [1.29, 1.82) is 0 Å². The molecule has 4 aliphatic rings. The normalized spacial score (nSPS) is 31.4. The number of aromatic amines is 1. The summed E-state index contributed by atoms with van der Waals surface area (Å²) < 4.78 is 5.27. The first-order valence-corrected chi connectivity index (χ1v) is 19.2. The van der Waals surface area contributed by atoms with Gasteiger partial charge in [-0.2, -0.15) is 0 Å². The Morgan fingerprint density at radius 1 is 1.02 bits per heavy atom. The van der Waals surface area contributed by atoms with Crippen LogP contribution in [0.2, 0.25) is 0 Å². The Morgan fingerprint density at radius 2 is 1.76 bits per heavy atom. The largest absolute Gasteiger partial charge is 0.480 e. The molecular weight excluding hydrogens is 694 g/mol. The quantitative estimate of drug-likeness (QED) is 0.164. The van der Waals surface area contributed by atoms with Gasteiger partial charge < -0.3 is 35.7 Å². The maximum atomic E-state index is 13.6. The van der Waals surface area contributed by atoms with Gasteiger partial charge >= 0.3 is 11.9 Å². The topological polar surface area (TPSA) is 212 Å². The van der Waals surface area contributed by atoms with E-state index in [0.29, 0.717) is 24.8 Å². The molecule has 0 radical (unpaired) electrons. The fourth-order valence-electron chi connectivity index (χ4n) is 10.5. The highest BCUT2D eigenvalue weighted by atomic mass is 16.5. The third-order valence-electron chi connectivity index (χ3n) is 13.4. The maximum Gasteiger partial charge on any atom is 0.326 e. The second-order valence-corrected chi connectivity index (χ2v) is 16.8. The molecule has 13 nitrogen and oxygen atoms in total. The van der Waals surface area contributed by atoms with Crippen molar-refractivity contribution in [3.8, 4) is 0 Å². The number of aliphatic hydroxyl groups excluding tert-OH is 1. The number of Topliss-reactive ketones (excluding diaryl/α,β-unsaturated/α-hetero) is 1. The van der Waals surface area contributed by atoms with Crippen LogP contribution in [0.1, 0.15) is 91.0 Å². The molecule has 4 aliphatic carbocycles. The van der Waals surface area contributed by atoms with Gasteiger partial charge in [-0.3, -0.25) is 24.0 Å². The monoisotopic (exact) mass is 747 g/mol. The summed E-state index contributed by atoms with van der Waals surface area (Å²) in [5.41, 5.74) is -0.389. The Hall–Kier alpha value is -4.36. The number of aliphatic carboxylic acids is 1. The average Bonchev–Trinajstić information content (AvgIpc) is 3.65. The lowest BCUT2D eigenvalue weighted by Crippen LogP contribution is -2.62. The zero-order valence-corrected chi connectivity index (χ0v) is 31.5. The first kappa shape index (κ1) is 39.3. The van der Waals surface area contributed by atoms with E-state index in [1.807, 2.05) is 31.2 Å². The number of aliphatic hydroxyl groups is 2. The van der Waals surface area contributed by atoms with Crippen molar-refractivity contribution in [2.24, 2.45) is 34.5 Å². The van der Waals surface area contributed by atoms with E-state index in [1.54, 1.807) is 26.1 Å². The fraction of sp³-hybridized carbons (Fsp3) is 0.610. The van der Waals surface area contributed by atoms with Crippen LogP contribution in [0.15, 0.2) is 42.1 Å². The summed E-state index contributed by atoms with van der Waals surface area (Å²) in [4.78, 5) is 79.9. The van der Waals surface area contributed by atoms with Gasteiger partial charge in [0, 0.05) is 41.8 Å². The van der Waals surface area contributed by atoms with Crippen LogP contribution in [0, 0.1) is 34.5 Å². The van der Waals surface area contributed by atoms with Gasteiger partial charge in [0.1, 0.15) is 17.7 Å². The van der Waals surface area contributed by atoms with Crippen LogP contribution in [0.5, 0.6) is 0 Å². The molecular formula is C41H53N3O10. The average molecular weight is 748 g/mol. The second-order valence-electron chi connectivity index (χ2n) is 16.8. The minimum absolute atomic E-state index is 0.0199. The van der Waals surface area contributed by atoms with Gasteiger partial charge in [-0.25, -0.2) is 4.79 Å². The molecule has 2 aromatic rings. The molecule has 3 saturated carbocycles. The molecule has 0 saturated heterocycles. The molecule has 0 spiro atoms. The molecule has 6 rings (SSSR count). The number of carbonyl (C=O) groups excluding carboxylic acids is 5. The first-order valence-electron chi connectivity index (χ1n) is 19.2. The minimum atomic E-state index is -1.80. The first-order chi connectivity index (χ1) is 25.5. The van der Waals surface area contributed by atoms with E-state index in [1.165, 1.54) is 0 Å². The van der Waals surface area contributed by atoms with Crippen LogP contribution in [0.25, 0.3) is 10.9 Å². The van der Waals surface area contributed by atoms with Crippen molar-refractivity contribution < 1.29 is 48.8 Å². The van der Waals surface area contributed by atoms with Gasteiger partial charge in [0.2, 0.25) is 17.6 Å². The number of carbonyl (C=O) groups is 6. The standard InChI is InChI=1S/C41H53N3O10/c1-22(2)36(37(50)43-30(38(51)52)17-23-20-42-29-8-6-5-7-26(23)29)44-33(48)11-12-34(49)54-21-32(47)41(53)16-14-28-27-10-9-24-18-25(45)13-15-39(24,3)35(27)31(46)19-40(28,41)4/h5-8,18,20,22,27-28,30-31,35-36,42,46,53H,9-17,19,21H2,1-4H3,(H,43,50)(H,44,48)(H,51,52)/t27-,28+,30-,31-,35-,36-,39-,40-,41-/m0/s1. The van der Waals surface area contributed by atoms with E-state index in [2.05, 4.69) is 22.5 Å². The molecule has 0 unspecified atom stereocenters. The molecule has 0 aliphatic heterocycles. The molecule has 292 valence electrons. The highest BCUT2D eigenvalue weighted by Crippen LogP contribution is 2.67. The van der Waals surface area contributed by atoms with E-state index in [0.717, 1.165) is 29.3 Å². The number of nitrogens with one attached hydrogen (secondary N) is 3. The summed E-state index contributed by atoms with van der Waals surface area (Å²) in [6.45, 7) is 6.71. The van der Waals surface area contributed by atoms with Crippen LogP contribution in [-0.2, 0) is 39.9 Å². The van der Waals surface area contributed by atoms with Crippen LogP contribution in [0.3, 0.4) is 0 Å². The van der Waals surface area contributed by atoms with Crippen molar-refractivity contribution in [3.63, 3.8) is 0 Å². The highest BCUT2D eigenvalue weighted by molar-refractivity contribution is 5.93. The molecule has 2 amide bonds. The van der Waals surface area contributed by atoms with Crippen molar-refractivity contribution in [3.05, 3.63) is 47.7 Å². The predicted molar refractivity (Wildman–Crippen MR) is 197 cm³/mol. The third kappa shape index (κ3) is 7.12. The van der Waals surface area contributed by atoms with E-state index >= 15 is 0 Å². The Labute approximate surface area is 314 Å². The smallest absolute Gasteiger partial charge is 0.326 e. The van der Waals surface area contributed by atoms with E-state index in [-0.39, 0.29) is 61.1 Å². The SMILES string of the molecule is CC(C)[C@H](NC(=O)CCC(=O)OCC(=O)[C@@]1(O)CC[C@@H]2[C@@H]3CCC4=CC(=O)CC[C@]4(C)[C@@H]3[C@@H](O)C[C@@]21C)C(=O)N[C@@H](Cc1c[nH]c2ccccc12)C(=O)O.